The lowest BCUT2D eigenvalue weighted by atomic mass is 9.72. The van der Waals surface area contributed by atoms with Crippen LogP contribution in [-0.4, -0.2) is 29.0 Å². The molecule has 1 aromatic heterocycles. The molecule has 0 bridgehead atoms. The molecule has 6 nitrogen and oxygen atoms in total. The molecule has 9 heteroatoms. The Hall–Kier alpha value is -4.32. The van der Waals surface area contributed by atoms with Gasteiger partial charge in [0, 0.05) is 31.0 Å². The van der Waals surface area contributed by atoms with Crippen LogP contribution in [0.3, 0.4) is 0 Å². The number of rotatable bonds is 7. The summed E-state index contributed by atoms with van der Waals surface area (Å²) >= 11 is 0. The number of H-pyrrole nitrogens is 1. The minimum atomic E-state index is -1.73. The monoisotopic (exact) mass is 518 g/mol. The summed E-state index contributed by atoms with van der Waals surface area (Å²) in [7, 11) is 0. The lowest BCUT2D eigenvalue weighted by Crippen LogP contribution is -2.53. The molecule has 1 atom stereocenters. The Bertz CT molecular complexity index is 1540. The molecule has 0 radical (unpaired) electrons. The van der Waals surface area contributed by atoms with Crippen LogP contribution in [-0.2, 0) is 6.42 Å². The molecule has 4 aromatic rings. The third-order valence-corrected chi connectivity index (χ3v) is 6.95. The second kappa shape index (κ2) is 9.86. The van der Waals surface area contributed by atoms with Gasteiger partial charge in [-0.2, -0.15) is 5.26 Å². The number of aromatic amines is 1. The van der Waals surface area contributed by atoms with Gasteiger partial charge in [-0.15, -0.1) is 5.10 Å². The maximum atomic E-state index is 15.4. The Balaban J connectivity index is 1.50. The van der Waals surface area contributed by atoms with Crippen molar-refractivity contribution in [3.63, 3.8) is 0 Å². The van der Waals surface area contributed by atoms with Crippen molar-refractivity contribution >= 4 is 5.69 Å². The average Bonchev–Trinajstić information content (AvgIpc) is 3.26. The maximum absolute atomic E-state index is 15.4. The van der Waals surface area contributed by atoms with Crippen LogP contribution >= 0.6 is 0 Å². The highest BCUT2D eigenvalue weighted by Gasteiger charge is 2.44. The zero-order valence-corrected chi connectivity index (χ0v) is 20.8. The number of hydrogen-bond donors (Lipinski definition) is 1. The van der Waals surface area contributed by atoms with Crippen LogP contribution < -0.4 is 10.7 Å². The van der Waals surface area contributed by atoms with Gasteiger partial charge >= 0.3 is 5.76 Å². The maximum Gasteiger partial charge on any atom is 0.434 e. The van der Waals surface area contributed by atoms with Crippen molar-refractivity contribution in [2.24, 2.45) is 5.92 Å². The molecule has 0 unspecified atom stereocenters. The predicted molar refractivity (Wildman–Crippen MR) is 137 cm³/mol. The third kappa shape index (κ3) is 5.07. The van der Waals surface area contributed by atoms with Crippen molar-refractivity contribution in [2.75, 3.05) is 18.0 Å². The Kier molecular flexibility index (Phi) is 6.57. The van der Waals surface area contributed by atoms with E-state index >= 15 is 4.39 Å². The molecular weight excluding hydrogens is 493 g/mol. The SMILES string of the molecule is CC(C)(F)[C@H](c1cc(F)cc(F)c1)C1CN(c2c(Cc3ccc(C#N)cc3)cccc2-c2n[nH]c(=O)o2)C1. The van der Waals surface area contributed by atoms with Gasteiger partial charge in [-0.05, 0) is 67.3 Å². The van der Waals surface area contributed by atoms with Crippen LogP contribution in [0.5, 0.6) is 0 Å². The van der Waals surface area contributed by atoms with Gasteiger partial charge in [0.1, 0.15) is 17.3 Å². The second-order valence-electron chi connectivity index (χ2n) is 10.1. The molecule has 194 valence electrons. The lowest BCUT2D eigenvalue weighted by Gasteiger charge is -2.48. The molecule has 2 heterocycles. The predicted octanol–water partition coefficient (Wildman–Crippen LogP) is 5.74. The van der Waals surface area contributed by atoms with E-state index in [1.165, 1.54) is 26.0 Å². The molecule has 0 spiro atoms. The molecule has 1 N–H and O–H groups in total. The quantitative estimate of drug-likeness (QED) is 0.337. The van der Waals surface area contributed by atoms with E-state index in [0.29, 0.717) is 30.6 Å². The van der Waals surface area contributed by atoms with Gasteiger partial charge in [0.25, 0.3) is 5.89 Å². The van der Waals surface area contributed by atoms with E-state index in [0.717, 1.165) is 22.9 Å². The van der Waals surface area contributed by atoms with E-state index in [1.807, 2.05) is 29.2 Å². The number of halogens is 3. The largest absolute Gasteiger partial charge is 0.434 e. The Morgan fingerprint density at radius 3 is 2.39 bits per heavy atom. The minimum Gasteiger partial charge on any atom is -0.388 e. The first kappa shape index (κ1) is 25.3. The molecule has 0 amide bonds. The van der Waals surface area contributed by atoms with Crippen molar-refractivity contribution < 1.29 is 17.6 Å². The van der Waals surface area contributed by atoms with Gasteiger partial charge in [0.15, 0.2) is 0 Å². The normalized spacial score (nSPS) is 14.7. The second-order valence-corrected chi connectivity index (χ2v) is 10.1. The van der Waals surface area contributed by atoms with Crippen molar-refractivity contribution in [1.29, 1.82) is 5.26 Å². The fraction of sp³-hybridized carbons (Fsp3) is 0.276. The van der Waals surface area contributed by atoms with E-state index in [4.69, 9.17) is 9.68 Å². The average molecular weight is 519 g/mol. The third-order valence-electron chi connectivity index (χ3n) is 6.95. The summed E-state index contributed by atoms with van der Waals surface area (Å²) in [4.78, 5) is 13.7. The Morgan fingerprint density at radius 1 is 1.13 bits per heavy atom. The van der Waals surface area contributed by atoms with E-state index in [2.05, 4.69) is 16.3 Å². The first-order valence-electron chi connectivity index (χ1n) is 12.2. The van der Waals surface area contributed by atoms with Crippen LogP contribution in [0, 0.1) is 28.9 Å². The smallest absolute Gasteiger partial charge is 0.388 e. The molecular formula is C29H25F3N4O2. The highest BCUT2D eigenvalue weighted by Crippen LogP contribution is 2.46. The molecule has 0 saturated carbocycles. The highest BCUT2D eigenvalue weighted by molar-refractivity contribution is 5.78. The molecule has 5 rings (SSSR count). The van der Waals surface area contributed by atoms with Crippen molar-refractivity contribution in [3.8, 4) is 17.5 Å². The number of alkyl halides is 1. The number of hydrogen-bond acceptors (Lipinski definition) is 5. The summed E-state index contributed by atoms with van der Waals surface area (Å²) in [6, 6.07) is 18.1. The molecule has 38 heavy (non-hydrogen) atoms. The van der Waals surface area contributed by atoms with E-state index in [9.17, 15) is 13.6 Å². The molecule has 1 aliphatic rings. The van der Waals surface area contributed by atoms with Crippen molar-refractivity contribution in [3.05, 3.63) is 105 Å². The summed E-state index contributed by atoms with van der Waals surface area (Å²) in [5, 5.41) is 15.4. The standard InChI is InChI=1S/C29H25F3N4O2/c1-29(2,32)25(20-11-22(30)13-23(31)12-20)21-15-36(16-21)26-19(10-17-6-8-18(14-33)9-7-17)4-3-5-24(26)27-34-35-28(37)38-27/h3-9,11-13,21,25H,10,15-16H2,1-2H3,(H,35,37)/t25-/m1/s1. The zero-order chi connectivity index (χ0) is 27.0. The van der Waals surface area contributed by atoms with E-state index in [-0.39, 0.29) is 17.4 Å². The Labute approximate surface area is 217 Å². The fourth-order valence-corrected chi connectivity index (χ4v) is 5.43. The van der Waals surface area contributed by atoms with E-state index < -0.39 is 29.0 Å². The number of nitrogens with zero attached hydrogens (tertiary/aromatic N) is 3. The van der Waals surface area contributed by atoms with Crippen molar-refractivity contribution in [1.82, 2.24) is 10.2 Å². The van der Waals surface area contributed by atoms with E-state index in [1.54, 1.807) is 18.2 Å². The molecule has 1 aliphatic heterocycles. The highest BCUT2D eigenvalue weighted by atomic mass is 19.1. The zero-order valence-electron chi connectivity index (χ0n) is 20.8. The topological polar surface area (TPSA) is 85.9 Å². The van der Waals surface area contributed by atoms with Crippen LogP contribution in [0.1, 0.15) is 42.0 Å². The summed E-state index contributed by atoms with van der Waals surface area (Å²) < 4.78 is 48.7. The summed E-state index contributed by atoms with van der Waals surface area (Å²) in [6.45, 7) is 3.68. The molecule has 3 aromatic carbocycles. The van der Waals surface area contributed by atoms with Gasteiger partial charge < -0.3 is 9.32 Å². The molecule has 1 saturated heterocycles. The molecule has 1 fully saturated rings. The van der Waals surface area contributed by atoms with Gasteiger partial charge in [0.05, 0.1) is 22.9 Å². The van der Waals surface area contributed by atoms with Crippen LogP contribution in [0.4, 0.5) is 18.9 Å². The van der Waals surface area contributed by atoms with Gasteiger partial charge in [0.2, 0.25) is 0 Å². The number of nitrogens with one attached hydrogen (secondary N) is 1. The first-order chi connectivity index (χ1) is 18.1. The van der Waals surface area contributed by atoms with Gasteiger partial charge in [-0.1, -0.05) is 24.3 Å². The van der Waals surface area contributed by atoms with Crippen molar-refractivity contribution in [2.45, 2.75) is 31.9 Å². The first-order valence-corrected chi connectivity index (χ1v) is 12.2. The van der Waals surface area contributed by atoms with Gasteiger partial charge in [-0.25, -0.2) is 23.1 Å². The summed E-state index contributed by atoms with van der Waals surface area (Å²) in [5.41, 5.74) is 2.39. The lowest BCUT2D eigenvalue weighted by molar-refractivity contribution is 0.117. The number of anilines is 1. The van der Waals surface area contributed by atoms with Crippen LogP contribution in [0.15, 0.2) is 69.9 Å². The number of para-hydroxylation sites is 1. The minimum absolute atomic E-state index is 0.129. The number of aromatic nitrogens is 2. The summed E-state index contributed by atoms with van der Waals surface area (Å²) in [6.07, 6.45) is 0.526. The number of nitriles is 1. The van der Waals surface area contributed by atoms with Crippen LogP contribution in [0.2, 0.25) is 0 Å². The number of benzene rings is 3. The fourth-order valence-electron chi connectivity index (χ4n) is 5.43. The van der Waals surface area contributed by atoms with Gasteiger partial charge in [-0.3, -0.25) is 0 Å². The summed E-state index contributed by atoms with van der Waals surface area (Å²) in [5.74, 6) is -3.00. The van der Waals surface area contributed by atoms with Crippen LogP contribution in [0.25, 0.3) is 11.5 Å². The Morgan fingerprint density at radius 2 is 1.82 bits per heavy atom. The molecule has 0 aliphatic carbocycles.